The molecule has 0 amide bonds. The van der Waals surface area contributed by atoms with E-state index in [4.69, 9.17) is 14.4 Å². The Morgan fingerprint density at radius 2 is 1.62 bits per heavy atom. The zero-order valence-corrected chi connectivity index (χ0v) is 29.0. The number of aryl methyl sites for hydroxylation is 1. The molecule has 6 aromatic rings. The molecule has 0 unspecified atom stereocenters. The molecule has 1 saturated carbocycles. The van der Waals surface area contributed by atoms with Crippen LogP contribution >= 0.6 is 0 Å². The summed E-state index contributed by atoms with van der Waals surface area (Å²) in [6.07, 6.45) is 7.95. The molecular weight excluding hydrogens is 735 g/mol. The summed E-state index contributed by atoms with van der Waals surface area (Å²) in [6, 6.07) is 27.2. The molecule has 45 heavy (non-hydrogen) atoms. The summed E-state index contributed by atoms with van der Waals surface area (Å²) in [7, 11) is 0. The molecule has 4 aromatic carbocycles. The molecule has 0 atom stereocenters. The molecule has 2 aromatic heterocycles. The van der Waals surface area contributed by atoms with Gasteiger partial charge in [0.25, 0.3) is 0 Å². The van der Waals surface area contributed by atoms with E-state index in [0.717, 1.165) is 61.0 Å². The number of aromatic nitrogens is 2. The number of hydrogen-bond donors (Lipinski definition) is 0. The quantitative estimate of drug-likeness (QED) is 0.129. The molecule has 0 N–H and O–H groups in total. The Morgan fingerprint density at radius 1 is 0.911 bits per heavy atom. The third kappa shape index (κ3) is 7.03. The van der Waals surface area contributed by atoms with Gasteiger partial charge < -0.3 is 9.73 Å². The Balaban J connectivity index is 0.000000243. The summed E-state index contributed by atoms with van der Waals surface area (Å²) >= 11 is 0. The molecule has 1 radical (unpaired) electrons. The van der Waals surface area contributed by atoms with Crippen LogP contribution in [0.3, 0.4) is 0 Å². The fourth-order valence-corrected chi connectivity index (χ4v) is 6.36. The van der Waals surface area contributed by atoms with E-state index in [-0.39, 0.29) is 25.9 Å². The zero-order valence-electron chi connectivity index (χ0n) is 26.6. The Bertz CT molecular complexity index is 2020. The number of furan rings is 1. The summed E-state index contributed by atoms with van der Waals surface area (Å²) in [5.41, 5.74) is 6.36. The minimum atomic E-state index is 0. The van der Waals surface area contributed by atoms with Crippen LogP contribution in [0.2, 0.25) is 0 Å². The van der Waals surface area contributed by atoms with Gasteiger partial charge >= 0.3 is 0 Å². The number of nitrogens with zero attached hydrogens (tertiary/aromatic N) is 3. The van der Waals surface area contributed by atoms with Crippen LogP contribution in [0.1, 0.15) is 77.1 Å². The van der Waals surface area contributed by atoms with Gasteiger partial charge in [-0.15, -0.1) is 35.2 Å². The van der Waals surface area contributed by atoms with Crippen molar-refractivity contribution in [1.82, 2.24) is 9.97 Å². The van der Waals surface area contributed by atoms with Crippen LogP contribution in [0.4, 0.5) is 0 Å². The van der Waals surface area contributed by atoms with Crippen molar-refractivity contribution >= 4 is 49.4 Å². The van der Waals surface area contributed by atoms with Crippen LogP contribution in [-0.2, 0) is 24.9 Å². The van der Waals surface area contributed by atoms with Crippen LogP contribution in [0, 0.1) is 13.0 Å². The van der Waals surface area contributed by atoms with Gasteiger partial charge in [0.05, 0.1) is 5.69 Å². The van der Waals surface area contributed by atoms with Crippen molar-refractivity contribution in [2.75, 3.05) is 0 Å². The minimum Gasteiger partial charge on any atom is -0.685 e. The first-order chi connectivity index (χ1) is 21.3. The molecule has 1 fully saturated rings. The van der Waals surface area contributed by atoms with Crippen molar-refractivity contribution in [2.45, 2.75) is 78.7 Å². The van der Waals surface area contributed by atoms with Gasteiger partial charge in [0.2, 0.25) is 0 Å². The monoisotopic (exact) mass is 774 g/mol. The number of carbonyl (C=O) groups is 1. The number of allylic oxidation sites excluding steroid dienone is 2. The zero-order chi connectivity index (χ0) is 30.8. The van der Waals surface area contributed by atoms with E-state index in [1.807, 2.05) is 26.0 Å². The summed E-state index contributed by atoms with van der Waals surface area (Å²) in [6.45, 7) is 9.86. The fourth-order valence-electron chi connectivity index (χ4n) is 6.36. The third-order valence-corrected chi connectivity index (χ3v) is 8.37. The number of fused-ring (bicyclic) bond motifs is 6. The van der Waals surface area contributed by atoms with Crippen LogP contribution < -0.4 is 0 Å². The Morgan fingerprint density at radius 3 is 2.36 bits per heavy atom. The van der Waals surface area contributed by atoms with Crippen LogP contribution in [0.5, 0.6) is 0 Å². The van der Waals surface area contributed by atoms with E-state index in [1.54, 1.807) is 13.0 Å². The second-order valence-corrected chi connectivity index (χ2v) is 12.2. The molecule has 233 valence electrons. The van der Waals surface area contributed by atoms with Gasteiger partial charge in [0.15, 0.2) is 5.78 Å². The maximum atomic E-state index is 10.8. The molecule has 5 nitrogen and oxygen atoms in total. The smallest absolute Gasteiger partial charge is 0.151 e. The number of rotatable bonds is 5. The van der Waals surface area contributed by atoms with Crippen molar-refractivity contribution in [3.63, 3.8) is 0 Å². The van der Waals surface area contributed by atoms with E-state index >= 15 is 0 Å². The predicted octanol–water partition coefficient (Wildman–Crippen LogP) is 10.8. The fraction of sp³-hybridized carbons (Fsp3) is 0.308. The second kappa shape index (κ2) is 14.1. The van der Waals surface area contributed by atoms with Crippen LogP contribution in [0.15, 0.2) is 82.9 Å². The summed E-state index contributed by atoms with van der Waals surface area (Å²) in [5.74, 6) is 1.21. The van der Waals surface area contributed by atoms with E-state index in [2.05, 4.69) is 79.8 Å². The van der Waals surface area contributed by atoms with E-state index in [0.29, 0.717) is 12.0 Å². The maximum Gasteiger partial charge on any atom is 0.151 e. The van der Waals surface area contributed by atoms with Crippen molar-refractivity contribution < 1.29 is 29.3 Å². The molecule has 6 heteroatoms. The third-order valence-electron chi connectivity index (χ3n) is 8.37. The van der Waals surface area contributed by atoms with Gasteiger partial charge in [-0.3, -0.25) is 9.78 Å². The van der Waals surface area contributed by atoms with E-state index in [9.17, 15) is 4.79 Å². The summed E-state index contributed by atoms with van der Waals surface area (Å²) in [4.78, 5) is 20.3. The van der Waals surface area contributed by atoms with Crippen LogP contribution in [-0.4, -0.2) is 21.8 Å². The normalized spacial score (nSPS) is 14.0. The van der Waals surface area contributed by atoms with Crippen molar-refractivity contribution in [3.05, 3.63) is 101 Å². The first kappa shape index (κ1) is 32.5. The number of carbonyl (C=O) groups excluding carboxylic acids is 1. The standard InChI is InChI=1S/C28H21N2O.C11H19NO.Ir/c1-16(2)24-15-20(14-19-9-5-6-10-21(19)24)25-28-26(30-17(3)29-25)23-13-12-18-8-4-7-11-22(18)27(23)31-28;1-9(8-10(2)13)12-11-6-4-3-5-7-11;/h4-13,15-16H,1-3H3;8,11H,3-7H2,1-2H3,(H,12,13);/q-1;;/p-1. The van der Waals surface area contributed by atoms with Crippen molar-refractivity contribution in [3.8, 4) is 11.3 Å². The predicted molar refractivity (Wildman–Crippen MR) is 182 cm³/mol. The van der Waals surface area contributed by atoms with Gasteiger partial charge in [-0.25, -0.2) is 4.98 Å². The Kier molecular flexibility index (Phi) is 10.2. The summed E-state index contributed by atoms with van der Waals surface area (Å²) < 4.78 is 6.47. The van der Waals surface area contributed by atoms with Crippen LogP contribution in [0.25, 0.3) is 60.2 Å². The first-order valence-electron chi connectivity index (χ1n) is 15.7. The van der Waals surface area contributed by atoms with Crippen molar-refractivity contribution in [2.24, 2.45) is 0 Å². The van der Waals surface area contributed by atoms with Gasteiger partial charge in [-0.2, -0.15) is 5.70 Å². The maximum absolute atomic E-state index is 10.8. The molecule has 0 spiro atoms. The largest absolute Gasteiger partial charge is 0.685 e. The van der Waals surface area contributed by atoms with Gasteiger partial charge in [-0.1, -0.05) is 112 Å². The molecule has 1 aliphatic rings. The SMILES string of the molecule is CC(=O)/C=C(/C)[N-]C1CCCCC1.Cc1nc(-c2[c-]c3ccccc3c(C(C)C)c2)c2oc3c4ccccc4ccc3c2n1.[Ir]. The topological polar surface area (TPSA) is 70.1 Å². The van der Waals surface area contributed by atoms with Gasteiger partial charge in [0, 0.05) is 30.9 Å². The first-order valence-corrected chi connectivity index (χ1v) is 15.7. The number of ketones is 1. The molecular formula is C39H39IrN3O2-2. The number of benzene rings is 4. The molecule has 0 bridgehead atoms. The molecule has 7 rings (SSSR count). The van der Waals surface area contributed by atoms with E-state index < -0.39 is 0 Å². The Hall–Kier alpha value is -3.86. The second-order valence-electron chi connectivity index (χ2n) is 12.2. The minimum absolute atomic E-state index is 0. The molecule has 0 saturated heterocycles. The molecule has 0 aliphatic heterocycles. The Labute approximate surface area is 278 Å². The average Bonchev–Trinajstić information content (AvgIpc) is 3.39. The van der Waals surface area contributed by atoms with Gasteiger partial charge in [-0.05, 0) is 37.3 Å². The van der Waals surface area contributed by atoms with Gasteiger partial charge in [0.1, 0.15) is 22.5 Å². The number of hydrogen-bond acceptors (Lipinski definition) is 4. The van der Waals surface area contributed by atoms with E-state index in [1.165, 1.54) is 43.1 Å². The average molecular weight is 774 g/mol. The van der Waals surface area contributed by atoms with Crippen molar-refractivity contribution in [1.29, 1.82) is 0 Å². The molecule has 2 heterocycles. The summed E-state index contributed by atoms with van der Waals surface area (Å²) in [5, 5.41) is 10.1. The molecule has 1 aliphatic carbocycles.